The lowest BCUT2D eigenvalue weighted by atomic mass is 10.3. The molecule has 0 heterocycles. The van der Waals surface area contributed by atoms with Crippen LogP contribution >= 0.6 is 11.6 Å². The van der Waals surface area contributed by atoms with Crippen molar-refractivity contribution in [3.63, 3.8) is 0 Å². The molecule has 0 saturated heterocycles. The second kappa shape index (κ2) is 8.82. The molecule has 0 aliphatic rings. The molecule has 0 saturated carbocycles. The maximum Gasteiger partial charge on any atom is 0.344 e. The highest BCUT2D eigenvalue weighted by atomic mass is 35.5. The van der Waals surface area contributed by atoms with Gasteiger partial charge in [-0.2, -0.15) is 0 Å². The fourth-order valence-corrected chi connectivity index (χ4v) is 2.05. The first kappa shape index (κ1) is 19.2. The lowest BCUT2D eigenvalue weighted by Gasteiger charge is -2.14. The molecule has 1 N–H and O–H groups in total. The summed E-state index contributed by atoms with van der Waals surface area (Å²) in [4.78, 5) is 34.0. The number of anilines is 1. The molecule has 2 aromatic rings. The van der Waals surface area contributed by atoms with E-state index in [-0.39, 0.29) is 11.4 Å². The molecule has 8 nitrogen and oxygen atoms in total. The van der Waals surface area contributed by atoms with E-state index >= 15 is 0 Å². The van der Waals surface area contributed by atoms with Crippen LogP contribution in [-0.4, -0.2) is 29.5 Å². The molecule has 0 unspecified atom stereocenters. The van der Waals surface area contributed by atoms with E-state index in [0.717, 1.165) is 0 Å². The molecule has 0 fully saturated rings. The van der Waals surface area contributed by atoms with Crippen LogP contribution in [0, 0.1) is 10.1 Å². The van der Waals surface area contributed by atoms with E-state index in [2.05, 4.69) is 5.32 Å². The van der Waals surface area contributed by atoms with Crippen molar-refractivity contribution >= 4 is 34.9 Å². The number of nitrogens with zero attached hydrogens (tertiary/aromatic N) is 1. The molecule has 136 valence electrons. The van der Waals surface area contributed by atoms with Gasteiger partial charge in [0.05, 0.1) is 4.92 Å². The molecule has 0 aliphatic heterocycles. The Balaban J connectivity index is 1.86. The second-order valence-corrected chi connectivity index (χ2v) is 5.58. The number of benzene rings is 2. The average Bonchev–Trinajstić information content (AvgIpc) is 2.62. The smallest absolute Gasteiger partial charge is 0.344 e. The topological polar surface area (TPSA) is 108 Å². The zero-order valence-electron chi connectivity index (χ0n) is 13.7. The Morgan fingerprint density at radius 3 is 2.50 bits per heavy atom. The number of ether oxygens (including phenoxy) is 2. The number of hydrogen-bond acceptors (Lipinski definition) is 6. The van der Waals surface area contributed by atoms with Crippen LogP contribution in [0.3, 0.4) is 0 Å². The van der Waals surface area contributed by atoms with Crippen LogP contribution in [0.15, 0.2) is 48.5 Å². The standard InChI is InChI=1S/C17H15ClN2O6/c1-11(17(22)19-13-8-6-12(18)7-9-13)26-16(21)10-25-15-5-3-2-4-14(15)20(23)24/h2-9,11H,10H2,1H3,(H,19,22)/t11-/m1/s1. The lowest BCUT2D eigenvalue weighted by Crippen LogP contribution is -2.31. The van der Waals surface area contributed by atoms with Gasteiger partial charge >= 0.3 is 11.7 Å². The van der Waals surface area contributed by atoms with Gasteiger partial charge in [0, 0.05) is 16.8 Å². The number of nitro groups is 1. The summed E-state index contributed by atoms with van der Waals surface area (Å²) in [5.74, 6) is -1.43. The van der Waals surface area contributed by atoms with E-state index in [4.69, 9.17) is 21.1 Å². The van der Waals surface area contributed by atoms with Gasteiger partial charge in [-0.05, 0) is 37.3 Å². The fraction of sp³-hybridized carbons (Fsp3) is 0.176. The van der Waals surface area contributed by atoms with Crippen molar-refractivity contribution in [3.05, 3.63) is 63.7 Å². The summed E-state index contributed by atoms with van der Waals surface area (Å²) in [7, 11) is 0. The summed E-state index contributed by atoms with van der Waals surface area (Å²) in [6.07, 6.45) is -1.08. The number of carbonyl (C=O) groups is 2. The van der Waals surface area contributed by atoms with Crippen molar-refractivity contribution in [2.45, 2.75) is 13.0 Å². The van der Waals surface area contributed by atoms with Gasteiger partial charge < -0.3 is 14.8 Å². The first-order valence-electron chi connectivity index (χ1n) is 7.49. The van der Waals surface area contributed by atoms with Crippen LogP contribution in [0.4, 0.5) is 11.4 Å². The summed E-state index contributed by atoms with van der Waals surface area (Å²) in [6, 6.07) is 12.1. The Hall–Kier alpha value is -3.13. The number of halogens is 1. The first-order valence-corrected chi connectivity index (χ1v) is 7.86. The van der Waals surface area contributed by atoms with Crippen molar-refractivity contribution in [3.8, 4) is 5.75 Å². The minimum Gasteiger partial charge on any atom is -0.475 e. The van der Waals surface area contributed by atoms with Gasteiger partial charge in [-0.1, -0.05) is 23.7 Å². The molecule has 26 heavy (non-hydrogen) atoms. The molecule has 1 amide bonds. The SMILES string of the molecule is C[C@@H](OC(=O)COc1ccccc1[N+](=O)[O-])C(=O)Nc1ccc(Cl)cc1. The number of rotatable bonds is 7. The molecule has 0 radical (unpaired) electrons. The highest BCUT2D eigenvalue weighted by Gasteiger charge is 2.20. The maximum atomic E-state index is 12.0. The monoisotopic (exact) mass is 378 g/mol. The number of carbonyl (C=O) groups excluding carboxylic acids is 2. The molecular formula is C17H15ClN2O6. The van der Waals surface area contributed by atoms with Crippen LogP contribution in [0.25, 0.3) is 0 Å². The van der Waals surface area contributed by atoms with E-state index in [1.807, 2.05) is 0 Å². The van der Waals surface area contributed by atoms with Crippen molar-refractivity contribution in [2.75, 3.05) is 11.9 Å². The fourth-order valence-electron chi connectivity index (χ4n) is 1.93. The zero-order chi connectivity index (χ0) is 19.1. The summed E-state index contributed by atoms with van der Waals surface area (Å²) >= 11 is 5.76. The van der Waals surface area contributed by atoms with Gasteiger partial charge in [-0.15, -0.1) is 0 Å². The zero-order valence-corrected chi connectivity index (χ0v) is 14.4. The first-order chi connectivity index (χ1) is 12.4. The average molecular weight is 379 g/mol. The van der Waals surface area contributed by atoms with Crippen molar-refractivity contribution in [1.82, 2.24) is 0 Å². The van der Waals surface area contributed by atoms with Crippen LogP contribution < -0.4 is 10.1 Å². The minimum atomic E-state index is -1.08. The predicted octanol–water partition coefficient (Wildman–Crippen LogP) is 3.20. The number of amides is 1. The Labute approximate surface area is 153 Å². The third kappa shape index (κ3) is 5.45. The summed E-state index contributed by atoms with van der Waals surface area (Å²) in [5.41, 5.74) is 0.229. The van der Waals surface area contributed by atoms with E-state index < -0.39 is 29.5 Å². The van der Waals surface area contributed by atoms with E-state index in [9.17, 15) is 19.7 Å². The highest BCUT2D eigenvalue weighted by molar-refractivity contribution is 6.30. The number of nitro benzene ring substituents is 1. The molecular weight excluding hydrogens is 364 g/mol. The molecule has 0 bridgehead atoms. The van der Waals surface area contributed by atoms with Gasteiger partial charge in [-0.25, -0.2) is 4.79 Å². The molecule has 0 aliphatic carbocycles. The highest BCUT2D eigenvalue weighted by Crippen LogP contribution is 2.25. The number of hydrogen-bond donors (Lipinski definition) is 1. The van der Waals surface area contributed by atoms with Crippen LogP contribution in [-0.2, 0) is 14.3 Å². The van der Waals surface area contributed by atoms with Crippen LogP contribution in [0.1, 0.15) is 6.92 Å². The molecule has 0 aromatic heterocycles. The predicted molar refractivity (Wildman–Crippen MR) is 94.2 cm³/mol. The number of esters is 1. The Bertz CT molecular complexity index is 809. The van der Waals surface area contributed by atoms with Gasteiger partial charge in [0.25, 0.3) is 5.91 Å². The van der Waals surface area contributed by atoms with Gasteiger partial charge in [-0.3, -0.25) is 14.9 Å². The van der Waals surface area contributed by atoms with E-state index in [1.54, 1.807) is 24.3 Å². The summed E-state index contributed by atoms with van der Waals surface area (Å²) < 4.78 is 10.1. The molecule has 0 spiro atoms. The Morgan fingerprint density at radius 1 is 1.19 bits per heavy atom. The van der Waals surface area contributed by atoms with E-state index in [0.29, 0.717) is 10.7 Å². The van der Waals surface area contributed by atoms with Gasteiger partial charge in [0.1, 0.15) is 0 Å². The largest absolute Gasteiger partial charge is 0.475 e. The quantitative estimate of drug-likeness (QED) is 0.450. The third-order valence-corrected chi connectivity index (χ3v) is 3.45. The number of para-hydroxylation sites is 2. The Kier molecular flexibility index (Phi) is 6.51. The second-order valence-electron chi connectivity index (χ2n) is 5.14. The van der Waals surface area contributed by atoms with Gasteiger partial charge in [0.2, 0.25) is 0 Å². The minimum absolute atomic E-state index is 0.0623. The van der Waals surface area contributed by atoms with Crippen molar-refractivity contribution < 1.29 is 24.0 Å². The van der Waals surface area contributed by atoms with Crippen molar-refractivity contribution in [1.29, 1.82) is 0 Å². The molecule has 9 heteroatoms. The van der Waals surface area contributed by atoms with E-state index in [1.165, 1.54) is 31.2 Å². The Morgan fingerprint density at radius 2 is 1.85 bits per heavy atom. The normalized spacial score (nSPS) is 11.3. The molecule has 2 aromatic carbocycles. The molecule has 2 rings (SSSR count). The van der Waals surface area contributed by atoms with Gasteiger partial charge in [0.15, 0.2) is 18.5 Å². The number of nitrogens with one attached hydrogen (secondary N) is 1. The van der Waals surface area contributed by atoms with Crippen LogP contribution in [0.2, 0.25) is 5.02 Å². The van der Waals surface area contributed by atoms with Crippen LogP contribution in [0.5, 0.6) is 5.75 Å². The third-order valence-electron chi connectivity index (χ3n) is 3.20. The lowest BCUT2D eigenvalue weighted by molar-refractivity contribution is -0.385. The maximum absolute atomic E-state index is 12.0. The summed E-state index contributed by atoms with van der Waals surface area (Å²) in [5, 5.41) is 14.0. The summed E-state index contributed by atoms with van der Waals surface area (Å²) in [6.45, 7) is 0.831. The molecule has 1 atom stereocenters. The van der Waals surface area contributed by atoms with Crippen molar-refractivity contribution in [2.24, 2.45) is 0 Å².